The van der Waals surface area contributed by atoms with Gasteiger partial charge in [0.05, 0.1) is 19.8 Å². The van der Waals surface area contributed by atoms with E-state index in [0.717, 1.165) is 44.3 Å². The van der Waals surface area contributed by atoms with Gasteiger partial charge in [-0.1, -0.05) is 78.9 Å². The summed E-state index contributed by atoms with van der Waals surface area (Å²) in [6, 6.07) is 27.8. The molecule has 0 aliphatic carbocycles. The lowest BCUT2D eigenvalue weighted by molar-refractivity contribution is -0.128. The Bertz CT molecular complexity index is 1760. The van der Waals surface area contributed by atoms with Gasteiger partial charge in [-0.15, -0.1) is 0 Å². The number of urea groups is 1. The van der Waals surface area contributed by atoms with Crippen LogP contribution in [0.2, 0.25) is 0 Å². The fraction of sp³-hybridized carbons (Fsp3) is 0.342. The van der Waals surface area contributed by atoms with E-state index in [0.29, 0.717) is 52.2 Å². The van der Waals surface area contributed by atoms with Crippen molar-refractivity contribution in [1.29, 1.82) is 0 Å². The highest BCUT2D eigenvalue weighted by Crippen LogP contribution is 2.35. The average molecular weight is 634 g/mol. The molecule has 0 aromatic heterocycles. The van der Waals surface area contributed by atoms with E-state index >= 15 is 0 Å². The largest absolute Gasteiger partial charge is 0.378 e. The monoisotopic (exact) mass is 633 g/mol. The first kappa shape index (κ1) is 32.2. The number of hydrogen-bond acceptors (Lipinski definition) is 5. The number of carbonyl (C=O) groups is 3. The molecule has 2 heterocycles. The third-order valence-electron chi connectivity index (χ3n) is 8.86. The van der Waals surface area contributed by atoms with Gasteiger partial charge in [-0.2, -0.15) is 0 Å². The van der Waals surface area contributed by atoms with E-state index in [2.05, 4.69) is 47.0 Å². The van der Waals surface area contributed by atoms with E-state index in [4.69, 9.17) is 10.5 Å². The minimum atomic E-state index is -0.675. The number of aryl methyl sites for hydroxylation is 1. The second-order valence-corrected chi connectivity index (χ2v) is 13.1. The minimum Gasteiger partial charge on any atom is -0.378 e. The van der Waals surface area contributed by atoms with Gasteiger partial charge in [-0.05, 0) is 71.3 Å². The molecule has 2 aliphatic rings. The van der Waals surface area contributed by atoms with Crippen molar-refractivity contribution < 1.29 is 19.1 Å². The van der Waals surface area contributed by atoms with Crippen molar-refractivity contribution in [2.24, 2.45) is 5.73 Å². The second kappa shape index (κ2) is 13.9. The number of morpholine rings is 1. The number of rotatable bonds is 8. The van der Waals surface area contributed by atoms with Gasteiger partial charge in [-0.3, -0.25) is 9.59 Å². The molecule has 47 heavy (non-hydrogen) atoms. The van der Waals surface area contributed by atoms with Crippen molar-refractivity contribution in [2.75, 3.05) is 31.2 Å². The van der Waals surface area contributed by atoms with Crippen LogP contribution in [0.4, 0.5) is 10.5 Å². The van der Waals surface area contributed by atoms with Gasteiger partial charge >= 0.3 is 6.03 Å². The maximum absolute atomic E-state index is 14.2. The fourth-order valence-corrected chi connectivity index (χ4v) is 6.49. The first-order chi connectivity index (χ1) is 22.7. The van der Waals surface area contributed by atoms with Gasteiger partial charge in [0.25, 0.3) is 0 Å². The van der Waals surface area contributed by atoms with Crippen LogP contribution in [0.15, 0.2) is 84.9 Å². The van der Waals surface area contributed by atoms with Crippen LogP contribution in [0.5, 0.6) is 0 Å². The van der Waals surface area contributed by atoms with Crippen molar-refractivity contribution in [3.8, 4) is 11.1 Å². The van der Waals surface area contributed by atoms with E-state index < -0.39 is 11.6 Å². The first-order valence-corrected chi connectivity index (χ1v) is 16.3. The van der Waals surface area contributed by atoms with Crippen LogP contribution in [-0.4, -0.2) is 60.6 Å². The van der Waals surface area contributed by atoms with Crippen molar-refractivity contribution in [1.82, 2.24) is 15.5 Å². The summed E-state index contributed by atoms with van der Waals surface area (Å²) in [4.78, 5) is 43.4. The predicted octanol–water partition coefficient (Wildman–Crippen LogP) is 5.14. The number of ether oxygens (including phenoxy) is 1. The molecule has 0 spiro atoms. The van der Waals surface area contributed by atoms with Crippen LogP contribution in [0.25, 0.3) is 21.9 Å². The Kier molecular flexibility index (Phi) is 9.56. The number of nitrogens with two attached hydrogens (primary N) is 1. The number of carbonyl (C=O) groups excluding carboxylic acids is 3. The van der Waals surface area contributed by atoms with Crippen LogP contribution in [-0.2, 0) is 33.8 Å². The molecule has 1 saturated heterocycles. The smallest absolute Gasteiger partial charge is 0.317 e. The lowest BCUT2D eigenvalue weighted by Gasteiger charge is -2.28. The Morgan fingerprint density at radius 1 is 0.936 bits per heavy atom. The Balaban J connectivity index is 1.24. The zero-order valence-electron chi connectivity index (χ0n) is 27.1. The van der Waals surface area contributed by atoms with Gasteiger partial charge in [0, 0.05) is 37.3 Å². The van der Waals surface area contributed by atoms with Crippen molar-refractivity contribution in [3.05, 3.63) is 102 Å². The van der Waals surface area contributed by atoms with Crippen molar-refractivity contribution in [2.45, 2.75) is 57.8 Å². The van der Waals surface area contributed by atoms with Crippen LogP contribution in [0.1, 0.15) is 43.4 Å². The highest BCUT2D eigenvalue weighted by molar-refractivity contribution is 6.03. The fourth-order valence-electron chi connectivity index (χ4n) is 6.49. The molecule has 1 atom stereocenters. The molecular formula is C38H43N5O4. The topological polar surface area (TPSA) is 117 Å². The van der Waals surface area contributed by atoms with E-state index in [-0.39, 0.29) is 24.3 Å². The van der Waals surface area contributed by atoms with Crippen LogP contribution in [0.3, 0.4) is 0 Å². The quantitative estimate of drug-likeness (QED) is 0.249. The summed E-state index contributed by atoms with van der Waals surface area (Å²) in [7, 11) is 0. The van der Waals surface area contributed by atoms with E-state index in [1.54, 1.807) is 18.7 Å². The maximum atomic E-state index is 14.2. The van der Waals surface area contributed by atoms with Gasteiger partial charge in [0.1, 0.15) is 6.04 Å². The number of nitrogens with zero attached hydrogens (tertiary/aromatic N) is 2. The second-order valence-electron chi connectivity index (χ2n) is 13.1. The average Bonchev–Trinajstić information content (AvgIpc) is 3.19. The highest BCUT2D eigenvalue weighted by Gasteiger charge is 2.33. The van der Waals surface area contributed by atoms with Gasteiger partial charge in [0.15, 0.2) is 0 Å². The lowest BCUT2D eigenvalue weighted by Crippen LogP contribution is -2.49. The molecule has 0 unspecified atom stereocenters. The molecule has 9 heteroatoms. The van der Waals surface area contributed by atoms with E-state index in [9.17, 15) is 14.4 Å². The van der Waals surface area contributed by atoms with Crippen molar-refractivity contribution >= 4 is 34.3 Å². The summed E-state index contributed by atoms with van der Waals surface area (Å²) in [5, 5.41) is 8.29. The van der Waals surface area contributed by atoms with Crippen LogP contribution < -0.4 is 21.3 Å². The molecule has 4 aromatic carbocycles. The zero-order chi connectivity index (χ0) is 33.0. The molecule has 4 N–H and O–H groups in total. The number of benzene rings is 4. The molecule has 9 nitrogen and oxygen atoms in total. The number of hydrogen-bond donors (Lipinski definition) is 3. The molecular weight excluding hydrogens is 590 g/mol. The Hall–Kier alpha value is -4.73. The third-order valence-corrected chi connectivity index (χ3v) is 8.86. The molecule has 4 aromatic rings. The zero-order valence-corrected chi connectivity index (χ0v) is 27.1. The molecule has 244 valence electrons. The normalized spacial score (nSPS) is 16.8. The molecule has 4 amide bonds. The van der Waals surface area contributed by atoms with Crippen molar-refractivity contribution in [3.63, 3.8) is 0 Å². The molecule has 1 fully saturated rings. The van der Waals surface area contributed by atoms with Gasteiger partial charge in [-0.25, -0.2) is 4.79 Å². The summed E-state index contributed by atoms with van der Waals surface area (Å²) < 4.78 is 5.37. The van der Waals surface area contributed by atoms with Crippen LogP contribution in [0, 0.1) is 0 Å². The highest BCUT2D eigenvalue weighted by atomic mass is 16.5. The minimum absolute atomic E-state index is 0.0881. The van der Waals surface area contributed by atoms with Crippen LogP contribution >= 0.6 is 0 Å². The maximum Gasteiger partial charge on any atom is 0.317 e. The number of amides is 4. The number of anilines is 1. The summed E-state index contributed by atoms with van der Waals surface area (Å²) in [5.41, 5.74) is 11.5. The summed E-state index contributed by atoms with van der Waals surface area (Å²) >= 11 is 0. The SMILES string of the molecule is CC(C)(N)CC(=O)N[C@@H]1CCc2c(ccc3ccccc23)N(Cc2ccc(-c3ccccc3CNC(=O)N3CCOCC3)cc2)C1=O. The predicted molar refractivity (Wildman–Crippen MR) is 185 cm³/mol. The molecule has 0 radical (unpaired) electrons. The lowest BCUT2D eigenvalue weighted by atomic mass is 9.97. The number of nitrogens with one attached hydrogen (secondary N) is 2. The third kappa shape index (κ3) is 7.64. The number of fused-ring (bicyclic) bond motifs is 3. The molecule has 2 aliphatic heterocycles. The molecule has 6 rings (SSSR count). The summed E-state index contributed by atoms with van der Waals surface area (Å²) in [6.45, 7) is 6.68. The first-order valence-electron chi connectivity index (χ1n) is 16.3. The Morgan fingerprint density at radius 3 is 2.43 bits per heavy atom. The molecule has 0 saturated carbocycles. The Morgan fingerprint density at radius 2 is 1.66 bits per heavy atom. The van der Waals surface area contributed by atoms with Gasteiger partial charge < -0.3 is 30.9 Å². The summed E-state index contributed by atoms with van der Waals surface area (Å²) in [5.74, 6) is -0.358. The van der Waals surface area contributed by atoms with Gasteiger partial charge in [0.2, 0.25) is 11.8 Å². The summed E-state index contributed by atoms with van der Waals surface area (Å²) in [6.07, 6.45) is 1.30. The van der Waals surface area contributed by atoms with E-state index in [1.807, 2.05) is 53.4 Å². The van der Waals surface area contributed by atoms with E-state index in [1.165, 1.54) is 0 Å². The molecule has 0 bridgehead atoms. The standard InChI is InChI=1S/C38H43N5O4/c1-38(2,39)23-35(44)41-33-17-16-32-31-10-6-3-7-27(31)15-18-34(32)43(36(33)45)25-26-11-13-28(14-12-26)30-9-5-4-8-29(30)24-40-37(46)42-19-21-47-22-20-42/h3-15,18,33H,16-17,19-25,39H2,1-2H3,(H,40,46)(H,41,44)/t33-/m1/s1. The Labute approximate surface area is 276 Å².